The molecular weight excluding hydrogens is 416 g/mol. The predicted octanol–water partition coefficient (Wildman–Crippen LogP) is 1.35. The number of hydrogen-bond acceptors (Lipinski definition) is 7. The van der Waals surface area contributed by atoms with Crippen LogP contribution in [0, 0.1) is 11.3 Å². The highest BCUT2D eigenvalue weighted by atomic mass is 16.7. The topological polar surface area (TPSA) is 122 Å². The van der Waals surface area contributed by atoms with Gasteiger partial charge in [-0.1, -0.05) is 18.2 Å². The van der Waals surface area contributed by atoms with Crippen LogP contribution >= 0.6 is 0 Å². The molecule has 2 aliphatic rings. The summed E-state index contributed by atoms with van der Waals surface area (Å²) in [4.78, 5) is 49.5. The SMILES string of the molecule is C[C@@H](O)[C@H]1C(=O)N2C(C(=O)OCOC(=O)C(C)(C)C)=C(c3cccc(CNC=O)c3)C[C@H]12. The number of rotatable bonds is 8. The summed E-state index contributed by atoms with van der Waals surface area (Å²) in [7, 11) is 0. The summed E-state index contributed by atoms with van der Waals surface area (Å²) in [6, 6.07) is 6.90. The van der Waals surface area contributed by atoms with Gasteiger partial charge in [-0.25, -0.2) is 4.79 Å². The number of fused-ring (bicyclic) bond motifs is 1. The van der Waals surface area contributed by atoms with Gasteiger partial charge in [-0.05, 0) is 56.9 Å². The molecule has 1 aromatic carbocycles. The molecule has 32 heavy (non-hydrogen) atoms. The van der Waals surface area contributed by atoms with E-state index in [0.717, 1.165) is 5.56 Å². The molecule has 1 aromatic rings. The number of nitrogens with zero attached hydrogens (tertiary/aromatic N) is 1. The van der Waals surface area contributed by atoms with E-state index < -0.39 is 36.2 Å². The molecule has 2 heterocycles. The molecule has 2 amide bonds. The van der Waals surface area contributed by atoms with Crippen LogP contribution in [-0.4, -0.2) is 53.2 Å². The van der Waals surface area contributed by atoms with Crippen molar-refractivity contribution in [1.82, 2.24) is 10.2 Å². The monoisotopic (exact) mass is 444 g/mol. The lowest BCUT2D eigenvalue weighted by Crippen LogP contribution is -2.61. The molecule has 0 unspecified atom stereocenters. The van der Waals surface area contributed by atoms with E-state index in [1.54, 1.807) is 39.8 Å². The minimum Gasteiger partial charge on any atom is -0.427 e. The highest BCUT2D eigenvalue weighted by Gasteiger charge is 2.57. The Bertz CT molecular complexity index is 961. The Labute approximate surface area is 186 Å². The molecule has 1 fully saturated rings. The van der Waals surface area contributed by atoms with Crippen LogP contribution in [-0.2, 0) is 35.2 Å². The van der Waals surface area contributed by atoms with Crippen molar-refractivity contribution in [1.29, 1.82) is 0 Å². The Balaban J connectivity index is 1.87. The van der Waals surface area contributed by atoms with Crippen molar-refractivity contribution in [3.05, 3.63) is 41.1 Å². The molecule has 9 heteroatoms. The molecule has 0 aliphatic carbocycles. The van der Waals surface area contributed by atoms with Gasteiger partial charge in [-0.3, -0.25) is 14.4 Å². The summed E-state index contributed by atoms with van der Waals surface area (Å²) < 4.78 is 10.2. The standard InChI is InChI=1S/C23H28N2O7/c1-13(27)18-17-9-16(15-7-5-6-14(8-15)10-24-11-26)19(25(17)20(18)28)21(29)31-12-32-22(30)23(2,3)4/h5-8,11,13,17-18,27H,9-10,12H2,1-4H3,(H,24,26)/t13-,17-,18-/m1/s1. The zero-order valence-electron chi connectivity index (χ0n) is 18.6. The van der Waals surface area contributed by atoms with Crippen molar-refractivity contribution < 1.29 is 33.8 Å². The van der Waals surface area contributed by atoms with E-state index in [0.29, 0.717) is 30.5 Å². The number of ether oxygens (including phenoxy) is 2. The van der Waals surface area contributed by atoms with Crippen molar-refractivity contribution in [2.75, 3.05) is 6.79 Å². The average molecular weight is 444 g/mol. The van der Waals surface area contributed by atoms with Gasteiger partial charge in [0, 0.05) is 6.54 Å². The molecule has 2 aliphatic heterocycles. The summed E-state index contributed by atoms with van der Waals surface area (Å²) in [6.07, 6.45) is 0.121. The van der Waals surface area contributed by atoms with Crippen LogP contribution in [0.5, 0.6) is 0 Å². The zero-order valence-corrected chi connectivity index (χ0v) is 18.6. The van der Waals surface area contributed by atoms with Gasteiger partial charge in [0.15, 0.2) is 0 Å². The maximum atomic E-state index is 12.9. The van der Waals surface area contributed by atoms with Crippen LogP contribution in [0.25, 0.3) is 5.57 Å². The summed E-state index contributed by atoms with van der Waals surface area (Å²) >= 11 is 0. The van der Waals surface area contributed by atoms with Gasteiger partial charge < -0.3 is 24.8 Å². The molecule has 0 saturated carbocycles. The number of hydrogen-bond donors (Lipinski definition) is 2. The van der Waals surface area contributed by atoms with E-state index >= 15 is 0 Å². The van der Waals surface area contributed by atoms with Crippen LogP contribution in [0.4, 0.5) is 0 Å². The minimum absolute atomic E-state index is 0.0872. The number of benzene rings is 1. The van der Waals surface area contributed by atoms with Crippen molar-refractivity contribution in [2.45, 2.75) is 52.8 Å². The van der Waals surface area contributed by atoms with Gasteiger partial charge in [0.2, 0.25) is 19.1 Å². The maximum absolute atomic E-state index is 12.9. The smallest absolute Gasteiger partial charge is 0.358 e. The first-order chi connectivity index (χ1) is 15.1. The van der Waals surface area contributed by atoms with Crippen LogP contribution in [0.15, 0.2) is 30.0 Å². The molecule has 0 radical (unpaired) electrons. The third-order valence-electron chi connectivity index (χ3n) is 5.58. The van der Waals surface area contributed by atoms with Crippen molar-refractivity contribution >= 4 is 29.8 Å². The predicted molar refractivity (Wildman–Crippen MR) is 113 cm³/mol. The lowest BCUT2D eigenvalue weighted by Gasteiger charge is -2.44. The number of nitrogens with one attached hydrogen (secondary N) is 1. The van der Waals surface area contributed by atoms with Gasteiger partial charge >= 0.3 is 11.9 Å². The lowest BCUT2D eigenvalue weighted by molar-refractivity contribution is -0.175. The van der Waals surface area contributed by atoms with E-state index in [2.05, 4.69) is 5.32 Å². The van der Waals surface area contributed by atoms with Gasteiger partial charge in [-0.2, -0.15) is 0 Å². The van der Waals surface area contributed by atoms with Crippen molar-refractivity contribution in [2.24, 2.45) is 11.3 Å². The number of amides is 2. The molecule has 2 N–H and O–H groups in total. The molecule has 0 bridgehead atoms. The lowest BCUT2D eigenvalue weighted by atomic mass is 9.82. The molecule has 9 nitrogen and oxygen atoms in total. The second-order valence-corrected chi connectivity index (χ2v) is 9.00. The van der Waals surface area contributed by atoms with E-state index in [1.165, 1.54) is 4.90 Å². The Morgan fingerprint density at radius 2 is 2.03 bits per heavy atom. The summed E-state index contributed by atoms with van der Waals surface area (Å²) in [5.74, 6) is -2.25. The van der Waals surface area contributed by atoms with E-state index in [1.807, 2.05) is 12.1 Å². The van der Waals surface area contributed by atoms with Gasteiger partial charge in [-0.15, -0.1) is 0 Å². The number of β-lactam (4-membered cyclic amide) rings is 1. The fourth-order valence-corrected chi connectivity index (χ4v) is 3.97. The van der Waals surface area contributed by atoms with E-state index in [9.17, 15) is 24.3 Å². The average Bonchev–Trinajstić information content (AvgIpc) is 3.06. The van der Waals surface area contributed by atoms with Crippen LogP contribution in [0.1, 0.15) is 45.2 Å². The van der Waals surface area contributed by atoms with Crippen LogP contribution in [0.3, 0.4) is 0 Å². The number of esters is 2. The Morgan fingerprint density at radius 3 is 2.66 bits per heavy atom. The number of carbonyl (C=O) groups excluding carboxylic acids is 4. The first-order valence-electron chi connectivity index (χ1n) is 10.4. The molecule has 3 rings (SSSR count). The molecule has 1 saturated heterocycles. The van der Waals surface area contributed by atoms with Gasteiger partial charge in [0.25, 0.3) is 0 Å². The molecule has 0 spiro atoms. The van der Waals surface area contributed by atoms with Crippen molar-refractivity contribution in [3.8, 4) is 0 Å². The minimum atomic E-state index is -0.851. The number of carbonyl (C=O) groups is 4. The van der Waals surface area contributed by atoms with E-state index in [4.69, 9.17) is 9.47 Å². The summed E-state index contributed by atoms with van der Waals surface area (Å²) in [6.45, 7) is 6.34. The fourth-order valence-electron chi connectivity index (χ4n) is 3.97. The molecule has 172 valence electrons. The molecular formula is C23H28N2O7. The third-order valence-corrected chi connectivity index (χ3v) is 5.58. The Hall–Kier alpha value is -3.20. The van der Waals surface area contributed by atoms with E-state index in [-0.39, 0.29) is 17.6 Å². The molecule has 3 atom stereocenters. The Morgan fingerprint density at radius 1 is 1.31 bits per heavy atom. The normalized spacial score (nSPS) is 20.9. The second-order valence-electron chi connectivity index (χ2n) is 9.00. The Kier molecular flexibility index (Phi) is 6.68. The molecule has 0 aromatic heterocycles. The number of aliphatic hydroxyl groups excluding tert-OH is 1. The summed E-state index contributed by atoms with van der Waals surface area (Å²) in [5.41, 5.74) is 1.47. The highest BCUT2D eigenvalue weighted by Crippen LogP contribution is 2.47. The van der Waals surface area contributed by atoms with Gasteiger partial charge in [0.1, 0.15) is 5.70 Å². The second kappa shape index (κ2) is 9.12. The quantitative estimate of drug-likeness (QED) is 0.269. The van der Waals surface area contributed by atoms with Gasteiger partial charge in [0.05, 0.1) is 23.5 Å². The fraction of sp³-hybridized carbons (Fsp3) is 0.478. The first kappa shape index (κ1) is 23.5. The largest absolute Gasteiger partial charge is 0.427 e. The summed E-state index contributed by atoms with van der Waals surface area (Å²) in [5, 5.41) is 12.6. The number of aliphatic hydroxyl groups is 1. The highest BCUT2D eigenvalue weighted by molar-refractivity contribution is 6.06. The van der Waals surface area contributed by atoms with Crippen molar-refractivity contribution in [3.63, 3.8) is 0 Å². The maximum Gasteiger partial charge on any atom is 0.358 e. The first-order valence-corrected chi connectivity index (χ1v) is 10.4. The van der Waals surface area contributed by atoms with Crippen LogP contribution < -0.4 is 5.32 Å². The third kappa shape index (κ3) is 4.52. The van der Waals surface area contributed by atoms with Crippen LogP contribution in [0.2, 0.25) is 0 Å². The zero-order chi connectivity index (χ0) is 23.6.